The molecule has 2 aromatic carbocycles. The minimum atomic E-state index is -0.445. The monoisotopic (exact) mass is 292 g/mol. The summed E-state index contributed by atoms with van der Waals surface area (Å²) in [5.74, 6) is 0.148. The summed E-state index contributed by atoms with van der Waals surface area (Å²) in [6.45, 7) is 0.617. The van der Waals surface area contributed by atoms with Crippen molar-refractivity contribution < 1.29 is 4.79 Å². The van der Waals surface area contributed by atoms with Crippen LogP contribution in [-0.4, -0.2) is 15.7 Å². The van der Waals surface area contributed by atoms with E-state index < -0.39 is 5.91 Å². The number of benzene rings is 2. The number of nitrogens with zero attached hydrogens (tertiary/aromatic N) is 2. The van der Waals surface area contributed by atoms with E-state index in [1.807, 2.05) is 42.5 Å². The molecule has 1 amide bonds. The summed E-state index contributed by atoms with van der Waals surface area (Å²) in [6.07, 6.45) is 1.73. The van der Waals surface area contributed by atoms with Crippen molar-refractivity contribution in [2.45, 2.75) is 6.54 Å². The Morgan fingerprint density at radius 2 is 1.73 bits per heavy atom. The SMILES string of the molecule is NC(=O)c1ccc(-c2cnn(Cc3ccccc3)c2N)cc1. The highest BCUT2D eigenvalue weighted by Gasteiger charge is 2.10. The second-order valence-corrected chi connectivity index (χ2v) is 5.03. The standard InChI is InChI=1S/C17H16N4O/c18-16-15(13-6-8-14(9-7-13)17(19)22)10-20-21(16)11-12-4-2-1-3-5-12/h1-10H,11,18H2,(H2,19,22). The molecule has 22 heavy (non-hydrogen) atoms. The van der Waals surface area contributed by atoms with Gasteiger partial charge in [0.1, 0.15) is 5.82 Å². The van der Waals surface area contributed by atoms with Crippen LogP contribution in [0.5, 0.6) is 0 Å². The van der Waals surface area contributed by atoms with Crippen molar-refractivity contribution in [2.75, 3.05) is 5.73 Å². The van der Waals surface area contributed by atoms with Gasteiger partial charge in [-0.2, -0.15) is 5.10 Å². The fourth-order valence-electron chi connectivity index (χ4n) is 2.31. The topological polar surface area (TPSA) is 86.9 Å². The molecule has 5 heteroatoms. The summed E-state index contributed by atoms with van der Waals surface area (Å²) in [5, 5.41) is 4.34. The summed E-state index contributed by atoms with van der Waals surface area (Å²) in [7, 11) is 0. The highest BCUT2D eigenvalue weighted by Crippen LogP contribution is 2.26. The van der Waals surface area contributed by atoms with Crippen LogP contribution in [0.2, 0.25) is 0 Å². The van der Waals surface area contributed by atoms with Gasteiger partial charge in [-0.3, -0.25) is 4.79 Å². The lowest BCUT2D eigenvalue weighted by molar-refractivity contribution is 0.100. The van der Waals surface area contributed by atoms with Crippen LogP contribution in [0, 0.1) is 0 Å². The molecule has 0 spiro atoms. The first kappa shape index (κ1) is 13.9. The highest BCUT2D eigenvalue weighted by atomic mass is 16.1. The van der Waals surface area contributed by atoms with Crippen molar-refractivity contribution in [3.05, 3.63) is 71.9 Å². The molecule has 4 N–H and O–H groups in total. The van der Waals surface area contributed by atoms with Gasteiger partial charge in [-0.15, -0.1) is 0 Å². The second-order valence-electron chi connectivity index (χ2n) is 5.03. The number of nitrogens with two attached hydrogens (primary N) is 2. The van der Waals surface area contributed by atoms with Crippen molar-refractivity contribution in [1.29, 1.82) is 0 Å². The van der Waals surface area contributed by atoms with Gasteiger partial charge < -0.3 is 11.5 Å². The first-order valence-corrected chi connectivity index (χ1v) is 6.90. The molecule has 1 aromatic heterocycles. The third kappa shape index (κ3) is 2.69. The van der Waals surface area contributed by atoms with Crippen LogP contribution >= 0.6 is 0 Å². The van der Waals surface area contributed by atoms with Crippen LogP contribution in [0.1, 0.15) is 15.9 Å². The molecule has 0 fully saturated rings. The summed E-state index contributed by atoms with van der Waals surface area (Å²) in [5.41, 5.74) is 14.8. The van der Waals surface area contributed by atoms with E-state index in [4.69, 9.17) is 11.5 Å². The van der Waals surface area contributed by atoms with Gasteiger partial charge in [-0.1, -0.05) is 42.5 Å². The van der Waals surface area contributed by atoms with Crippen LogP contribution in [0.4, 0.5) is 5.82 Å². The Balaban J connectivity index is 1.88. The lowest BCUT2D eigenvalue weighted by Gasteiger charge is -2.06. The number of hydrogen-bond donors (Lipinski definition) is 2. The van der Waals surface area contributed by atoms with E-state index in [1.54, 1.807) is 23.0 Å². The number of carbonyl (C=O) groups is 1. The van der Waals surface area contributed by atoms with Crippen molar-refractivity contribution >= 4 is 11.7 Å². The summed E-state index contributed by atoms with van der Waals surface area (Å²) < 4.78 is 1.76. The van der Waals surface area contributed by atoms with Crippen molar-refractivity contribution in [1.82, 2.24) is 9.78 Å². The van der Waals surface area contributed by atoms with Crippen LogP contribution < -0.4 is 11.5 Å². The number of hydrogen-bond acceptors (Lipinski definition) is 3. The van der Waals surface area contributed by atoms with Gasteiger partial charge in [0, 0.05) is 11.1 Å². The Bertz CT molecular complexity index is 791. The Kier molecular flexibility index (Phi) is 3.62. The fourth-order valence-corrected chi connectivity index (χ4v) is 2.31. The van der Waals surface area contributed by atoms with Gasteiger partial charge in [-0.25, -0.2) is 4.68 Å². The Morgan fingerprint density at radius 3 is 2.36 bits per heavy atom. The largest absolute Gasteiger partial charge is 0.383 e. The molecule has 0 unspecified atom stereocenters. The summed E-state index contributed by atoms with van der Waals surface area (Å²) in [4.78, 5) is 11.1. The van der Waals surface area contributed by atoms with Crippen LogP contribution in [0.15, 0.2) is 60.8 Å². The smallest absolute Gasteiger partial charge is 0.248 e. The fraction of sp³-hybridized carbons (Fsp3) is 0.0588. The Morgan fingerprint density at radius 1 is 1.05 bits per heavy atom. The van der Waals surface area contributed by atoms with Crippen LogP contribution in [0.25, 0.3) is 11.1 Å². The number of amides is 1. The average molecular weight is 292 g/mol. The van der Waals surface area contributed by atoms with E-state index in [0.717, 1.165) is 16.7 Å². The zero-order chi connectivity index (χ0) is 15.5. The first-order valence-electron chi connectivity index (χ1n) is 6.90. The second kappa shape index (κ2) is 5.73. The maximum absolute atomic E-state index is 11.1. The van der Waals surface area contributed by atoms with Crippen molar-refractivity contribution in [2.24, 2.45) is 5.73 Å². The maximum atomic E-state index is 11.1. The number of anilines is 1. The summed E-state index contributed by atoms with van der Waals surface area (Å²) >= 11 is 0. The van der Waals surface area contributed by atoms with Gasteiger partial charge in [0.2, 0.25) is 5.91 Å². The number of aromatic nitrogens is 2. The quantitative estimate of drug-likeness (QED) is 0.773. The maximum Gasteiger partial charge on any atom is 0.248 e. The van der Waals surface area contributed by atoms with Gasteiger partial charge in [0.15, 0.2) is 0 Å². The molecule has 5 nitrogen and oxygen atoms in total. The zero-order valence-corrected chi connectivity index (χ0v) is 11.9. The van der Waals surface area contributed by atoms with Crippen LogP contribution in [0.3, 0.4) is 0 Å². The van der Waals surface area contributed by atoms with E-state index >= 15 is 0 Å². The minimum absolute atomic E-state index is 0.445. The van der Waals surface area contributed by atoms with Gasteiger partial charge in [0.25, 0.3) is 0 Å². The molecule has 0 aliphatic heterocycles. The molecule has 0 bridgehead atoms. The summed E-state index contributed by atoms with van der Waals surface area (Å²) in [6, 6.07) is 17.0. The molecule has 3 aromatic rings. The number of carbonyl (C=O) groups excluding carboxylic acids is 1. The van der Waals surface area contributed by atoms with Crippen molar-refractivity contribution in [3.63, 3.8) is 0 Å². The molecule has 0 aliphatic rings. The lowest BCUT2D eigenvalue weighted by atomic mass is 10.1. The molecular weight excluding hydrogens is 276 g/mol. The highest BCUT2D eigenvalue weighted by molar-refractivity contribution is 5.93. The number of nitrogen functional groups attached to an aromatic ring is 1. The molecule has 110 valence electrons. The molecule has 0 radical (unpaired) electrons. The Labute approximate surface area is 128 Å². The van der Waals surface area contributed by atoms with E-state index in [-0.39, 0.29) is 0 Å². The zero-order valence-electron chi connectivity index (χ0n) is 11.9. The molecular formula is C17H16N4O. The van der Waals surface area contributed by atoms with Gasteiger partial charge >= 0.3 is 0 Å². The minimum Gasteiger partial charge on any atom is -0.383 e. The van der Waals surface area contributed by atoms with Crippen molar-refractivity contribution in [3.8, 4) is 11.1 Å². The number of primary amides is 1. The lowest BCUT2D eigenvalue weighted by Crippen LogP contribution is -2.10. The molecule has 0 saturated heterocycles. The van der Waals surface area contributed by atoms with Gasteiger partial charge in [-0.05, 0) is 23.3 Å². The van der Waals surface area contributed by atoms with E-state index in [1.165, 1.54) is 0 Å². The molecule has 0 saturated carbocycles. The van der Waals surface area contributed by atoms with Crippen LogP contribution in [-0.2, 0) is 6.54 Å². The predicted octanol–water partition coefficient (Wildman–Crippen LogP) is 2.28. The molecule has 1 heterocycles. The number of rotatable bonds is 4. The third-order valence-corrected chi connectivity index (χ3v) is 3.54. The Hall–Kier alpha value is -3.08. The normalized spacial score (nSPS) is 10.5. The van der Waals surface area contributed by atoms with E-state index in [9.17, 15) is 4.79 Å². The first-order chi connectivity index (χ1) is 10.6. The molecule has 0 aliphatic carbocycles. The average Bonchev–Trinajstić information content (AvgIpc) is 2.89. The van der Waals surface area contributed by atoms with Gasteiger partial charge in [0.05, 0.1) is 12.7 Å². The third-order valence-electron chi connectivity index (χ3n) is 3.54. The van der Waals surface area contributed by atoms with E-state index in [2.05, 4.69) is 5.10 Å². The molecule has 0 atom stereocenters. The molecule has 3 rings (SSSR count). The predicted molar refractivity (Wildman–Crippen MR) is 86.1 cm³/mol. The van der Waals surface area contributed by atoms with E-state index in [0.29, 0.717) is 17.9 Å².